The van der Waals surface area contributed by atoms with Crippen molar-refractivity contribution in [3.8, 4) is 28.0 Å². The summed E-state index contributed by atoms with van der Waals surface area (Å²) in [5, 5.41) is 12.9. The molecule has 0 bridgehead atoms. The summed E-state index contributed by atoms with van der Waals surface area (Å²) in [6.07, 6.45) is 0.875. The van der Waals surface area contributed by atoms with Crippen molar-refractivity contribution < 1.29 is 38.4 Å². The molecule has 250 valence electrons. The summed E-state index contributed by atoms with van der Waals surface area (Å²) in [6, 6.07) is 33.7. The molecule has 0 heterocycles. The van der Waals surface area contributed by atoms with Crippen LogP contribution in [0.25, 0.3) is 33.0 Å². The normalized spacial score (nSPS) is 12.3. The molecular weight excluding hydrogens is 620 g/mol. The van der Waals surface area contributed by atoms with Gasteiger partial charge in [0.15, 0.2) is 0 Å². The van der Waals surface area contributed by atoms with E-state index in [4.69, 9.17) is 18.9 Å². The molecule has 0 fully saturated rings. The fraction of sp³-hybridized carbons (Fsp3) is 0.195. The Balaban J connectivity index is 1.72. The Morgan fingerprint density at radius 2 is 1.22 bits per heavy atom. The monoisotopic (exact) mass is 658 g/mol. The average molecular weight is 659 g/mol. The summed E-state index contributed by atoms with van der Waals surface area (Å²) in [4.78, 5) is 39.5. The Kier molecular flexibility index (Phi) is 11.6. The number of fused-ring (bicyclic) bond motifs is 1. The molecule has 0 amide bonds. The van der Waals surface area contributed by atoms with E-state index in [1.165, 1.54) is 6.07 Å². The third-order valence-electron chi connectivity index (χ3n) is 7.95. The first-order chi connectivity index (χ1) is 23.9. The minimum absolute atomic E-state index is 0.0483. The highest BCUT2D eigenvalue weighted by atomic mass is 16.5. The highest BCUT2D eigenvalue weighted by Crippen LogP contribution is 2.44. The molecule has 1 N–H and O–H groups in total. The summed E-state index contributed by atoms with van der Waals surface area (Å²) in [7, 11) is 0. The van der Waals surface area contributed by atoms with E-state index < -0.39 is 29.9 Å². The van der Waals surface area contributed by atoms with Crippen molar-refractivity contribution in [1.82, 2.24) is 0 Å². The lowest BCUT2D eigenvalue weighted by molar-refractivity contribution is -0.148. The van der Waals surface area contributed by atoms with Gasteiger partial charge in [0.05, 0.1) is 43.8 Å². The third-order valence-corrected chi connectivity index (χ3v) is 7.95. The van der Waals surface area contributed by atoms with Gasteiger partial charge in [-0.25, -0.2) is 9.59 Å². The van der Waals surface area contributed by atoms with Gasteiger partial charge in [0.2, 0.25) is 0 Å². The van der Waals surface area contributed by atoms with E-state index in [9.17, 15) is 19.5 Å². The zero-order valence-corrected chi connectivity index (χ0v) is 27.6. The molecule has 0 saturated carbocycles. The topological polar surface area (TPSA) is 108 Å². The lowest BCUT2D eigenvalue weighted by Crippen LogP contribution is -2.24. The second kappa shape index (κ2) is 16.4. The van der Waals surface area contributed by atoms with Crippen LogP contribution in [-0.2, 0) is 23.8 Å². The minimum Gasteiger partial charge on any atom is -0.465 e. The van der Waals surface area contributed by atoms with E-state index in [1.807, 2.05) is 84.9 Å². The zero-order chi connectivity index (χ0) is 34.8. The SMILES string of the molecule is CCOC(=O)/C=C/Oc1c([C@H](C(=O)OCC)[C@@H](O)c2ccc(-c3ccccc3)cc2)cc(C(=O)OCC)c2cc(-c3ccccc3)ccc12. The molecule has 0 radical (unpaired) electrons. The van der Waals surface area contributed by atoms with Crippen molar-refractivity contribution in [2.24, 2.45) is 0 Å². The Hall–Kier alpha value is -5.73. The Morgan fingerprint density at radius 1 is 0.653 bits per heavy atom. The molecule has 8 nitrogen and oxygen atoms in total. The number of carbonyl (C=O) groups is 3. The van der Waals surface area contributed by atoms with Gasteiger partial charge in [-0.05, 0) is 66.8 Å². The van der Waals surface area contributed by atoms with Gasteiger partial charge in [-0.3, -0.25) is 4.79 Å². The highest BCUT2D eigenvalue weighted by Gasteiger charge is 2.36. The standard InChI is InChI=1S/C41H38O8/c1-4-46-36(42)23-24-49-39-32-22-21-31(28-15-11-8-12-16-28)25-33(32)34(40(44)47-5-2)26-35(39)37(41(45)48-6-3)38(43)30-19-17-29(18-20-30)27-13-9-7-10-14-27/h7-26,37-38,43H,4-6H2,1-3H3/b24-23+/t37-,38-/m0/s1. The van der Waals surface area contributed by atoms with Crippen LogP contribution in [-0.4, -0.2) is 42.8 Å². The maximum atomic E-state index is 13.8. The molecule has 0 unspecified atom stereocenters. The highest BCUT2D eigenvalue weighted by molar-refractivity contribution is 6.09. The van der Waals surface area contributed by atoms with Gasteiger partial charge in [-0.15, -0.1) is 0 Å². The number of aliphatic hydroxyl groups is 1. The molecule has 0 aliphatic heterocycles. The summed E-state index contributed by atoms with van der Waals surface area (Å²) >= 11 is 0. The van der Waals surface area contributed by atoms with E-state index in [2.05, 4.69) is 0 Å². The first-order valence-electron chi connectivity index (χ1n) is 16.2. The molecule has 0 aliphatic carbocycles. The fourth-order valence-corrected chi connectivity index (χ4v) is 5.67. The van der Waals surface area contributed by atoms with Gasteiger partial charge in [-0.1, -0.05) is 91.0 Å². The zero-order valence-electron chi connectivity index (χ0n) is 27.6. The van der Waals surface area contributed by atoms with Gasteiger partial charge in [0, 0.05) is 16.3 Å². The summed E-state index contributed by atoms with van der Waals surface area (Å²) < 4.78 is 22.1. The minimum atomic E-state index is -1.41. The first-order valence-corrected chi connectivity index (χ1v) is 16.2. The fourth-order valence-electron chi connectivity index (χ4n) is 5.67. The number of esters is 3. The first kappa shape index (κ1) is 34.6. The predicted octanol–water partition coefficient (Wildman–Crippen LogP) is 8.19. The summed E-state index contributed by atoms with van der Waals surface area (Å²) in [5.74, 6) is -3.14. The molecular formula is C41H38O8. The van der Waals surface area contributed by atoms with E-state index >= 15 is 0 Å². The van der Waals surface area contributed by atoms with Crippen molar-refractivity contribution >= 4 is 28.7 Å². The van der Waals surface area contributed by atoms with Gasteiger partial charge in [0.25, 0.3) is 0 Å². The molecule has 2 atom stereocenters. The molecule has 5 rings (SSSR count). The Labute approximate surface area is 285 Å². The second-order valence-electron chi connectivity index (χ2n) is 11.0. The number of hydrogen-bond acceptors (Lipinski definition) is 8. The van der Waals surface area contributed by atoms with Crippen LogP contribution in [0.3, 0.4) is 0 Å². The van der Waals surface area contributed by atoms with Crippen LogP contribution in [0.2, 0.25) is 0 Å². The van der Waals surface area contributed by atoms with Gasteiger partial charge in [0.1, 0.15) is 11.7 Å². The molecule has 49 heavy (non-hydrogen) atoms. The number of aliphatic hydroxyl groups excluding tert-OH is 1. The largest absolute Gasteiger partial charge is 0.465 e. The Morgan fingerprint density at radius 3 is 1.84 bits per heavy atom. The van der Waals surface area contributed by atoms with E-state index in [0.717, 1.165) is 34.6 Å². The number of hydrogen-bond donors (Lipinski definition) is 1. The molecule has 0 spiro atoms. The maximum Gasteiger partial charge on any atom is 0.338 e. The number of carbonyl (C=O) groups excluding carboxylic acids is 3. The number of ether oxygens (including phenoxy) is 4. The van der Waals surface area contributed by atoms with Crippen LogP contribution in [0.4, 0.5) is 0 Å². The van der Waals surface area contributed by atoms with Crippen LogP contribution in [0.5, 0.6) is 5.75 Å². The quantitative estimate of drug-likeness (QED) is 0.0584. The Bertz CT molecular complexity index is 1930. The van der Waals surface area contributed by atoms with Crippen LogP contribution in [0.1, 0.15) is 54.3 Å². The predicted molar refractivity (Wildman–Crippen MR) is 188 cm³/mol. The lowest BCUT2D eigenvalue weighted by atomic mass is 9.84. The molecule has 5 aromatic carbocycles. The lowest BCUT2D eigenvalue weighted by Gasteiger charge is -2.26. The van der Waals surface area contributed by atoms with Crippen LogP contribution >= 0.6 is 0 Å². The van der Waals surface area contributed by atoms with Crippen molar-refractivity contribution in [3.63, 3.8) is 0 Å². The van der Waals surface area contributed by atoms with Crippen LogP contribution in [0, 0.1) is 0 Å². The maximum absolute atomic E-state index is 13.8. The van der Waals surface area contributed by atoms with Crippen LogP contribution in [0.15, 0.2) is 122 Å². The molecule has 0 aromatic heterocycles. The average Bonchev–Trinajstić information content (AvgIpc) is 3.13. The van der Waals surface area contributed by atoms with Gasteiger partial charge >= 0.3 is 17.9 Å². The summed E-state index contributed by atoms with van der Waals surface area (Å²) in [6.45, 7) is 5.41. The summed E-state index contributed by atoms with van der Waals surface area (Å²) in [5.41, 5.74) is 4.48. The van der Waals surface area contributed by atoms with E-state index in [-0.39, 0.29) is 36.7 Å². The number of rotatable bonds is 13. The van der Waals surface area contributed by atoms with Gasteiger partial charge in [-0.2, -0.15) is 0 Å². The van der Waals surface area contributed by atoms with Crippen molar-refractivity contribution in [3.05, 3.63) is 138 Å². The van der Waals surface area contributed by atoms with Crippen molar-refractivity contribution in [1.29, 1.82) is 0 Å². The third kappa shape index (κ3) is 8.05. The molecule has 5 aromatic rings. The molecule has 0 aliphatic rings. The van der Waals surface area contributed by atoms with Gasteiger partial charge < -0.3 is 24.1 Å². The molecule has 0 saturated heterocycles. The van der Waals surface area contributed by atoms with E-state index in [0.29, 0.717) is 16.3 Å². The number of benzene rings is 5. The van der Waals surface area contributed by atoms with Crippen molar-refractivity contribution in [2.75, 3.05) is 19.8 Å². The van der Waals surface area contributed by atoms with E-state index in [1.54, 1.807) is 39.0 Å². The smallest absolute Gasteiger partial charge is 0.338 e. The van der Waals surface area contributed by atoms with Crippen molar-refractivity contribution in [2.45, 2.75) is 32.8 Å². The van der Waals surface area contributed by atoms with Crippen LogP contribution < -0.4 is 4.74 Å². The second-order valence-corrected chi connectivity index (χ2v) is 11.0. The molecule has 8 heteroatoms.